The van der Waals surface area contributed by atoms with E-state index >= 15 is 0 Å². The maximum absolute atomic E-state index is 13.5. The molecule has 0 unspecified atom stereocenters. The molecule has 0 saturated carbocycles. The second kappa shape index (κ2) is 10.1. The zero-order valence-electron chi connectivity index (χ0n) is 19.4. The molecule has 2 aromatic carbocycles. The summed E-state index contributed by atoms with van der Waals surface area (Å²) < 4.78 is 6.98. The van der Waals surface area contributed by atoms with Crippen LogP contribution in [0.15, 0.2) is 60.2 Å². The fraction of sp³-hybridized carbons (Fsp3) is 0.192. The van der Waals surface area contributed by atoms with Crippen LogP contribution >= 0.6 is 23.2 Å². The van der Waals surface area contributed by atoms with E-state index < -0.39 is 17.8 Å². The maximum Gasteiger partial charge on any atom is 0.338 e. The Balaban J connectivity index is 1.83. The lowest BCUT2D eigenvalue weighted by Crippen LogP contribution is -2.57. The molecule has 9 heteroatoms. The number of hydrogen-bond donors (Lipinski definition) is 0. The van der Waals surface area contributed by atoms with E-state index in [2.05, 4.69) is 0 Å². The van der Waals surface area contributed by atoms with Gasteiger partial charge in [-0.25, -0.2) is 9.69 Å². The molecule has 35 heavy (non-hydrogen) atoms. The number of rotatable bonds is 6. The van der Waals surface area contributed by atoms with Gasteiger partial charge >= 0.3 is 6.03 Å². The lowest BCUT2D eigenvalue weighted by molar-refractivity contribution is -0.129. The van der Waals surface area contributed by atoms with Gasteiger partial charge in [-0.3, -0.25) is 14.5 Å². The summed E-state index contributed by atoms with van der Waals surface area (Å²) in [4.78, 5) is 41.9. The molecular formula is C26H23Cl2N3O4. The van der Waals surface area contributed by atoms with Gasteiger partial charge in [0.05, 0.1) is 29.5 Å². The van der Waals surface area contributed by atoms with Gasteiger partial charge in [-0.05, 0) is 61.9 Å². The van der Waals surface area contributed by atoms with Crippen LogP contribution < -0.4 is 4.90 Å². The smallest absolute Gasteiger partial charge is 0.338 e. The van der Waals surface area contributed by atoms with Crippen molar-refractivity contribution in [2.75, 3.05) is 25.2 Å². The number of barbiturate groups is 1. The van der Waals surface area contributed by atoms with Crippen molar-refractivity contribution in [1.29, 1.82) is 0 Å². The Morgan fingerprint density at radius 1 is 0.943 bits per heavy atom. The minimum Gasteiger partial charge on any atom is -0.383 e. The first kappa shape index (κ1) is 24.7. The topological polar surface area (TPSA) is 71.8 Å². The molecule has 1 saturated heterocycles. The van der Waals surface area contributed by atoms with Crippen LogP contribution in [-0.2, 0) is 14.3 Å². The number of carbonyl (C=O) groups excluding carboxylic acids is 3. The third-order valence-corrected chi connectivity index (χ3v) is 6.34. The number of halogens is 2. The number of benzene rings is 2. The summed E-state index contributed by atoms with van der Waals surface area (Å²) in [5.41, 5.74) is 3.17. The van der Waals surface area contributed by atoms with Crippen LogP contribution in [0.25, 0.3) is 11.8 Å². The monoisotopic (exact) mass is 511 g/mol. The van der Waals surface area contributed by atoms with Crippen molar-refractivity contribution >= 4 is 52.8 Å². The predicted octanol–water partition coefficient (Wildman–Crippen LogP) is 5.43. The van der Waals surface area contributed by atoms with Crippen LogP contribution in [-0.4, -0.2) is 47.6 Å². The number of imide groups is 2. The van der Waals surface area contributed by atoms with Crippen LogP contribution in [0.4, 0.5) is 10.5 Å². The highest BCUT2D eigenvalue weighted by atomic mass is 35.5. The van der Waals surface area contributed by atoms with Gasteiger partial charge in [0.25, 0.3) is 11.8 Å². The number of urea groups is 1. The number of nitrogens with zero attached hydrogens (tertiary/aromatic N) is 3. The summed E-state index contributed by atoms with van der Waals surface area (Å²) in [5.74, 6) is -1.36. The predicted molar refractivity (Wildman–Crippen MR) is 136 cm³/mol. The molecule has 0 radical (unpaired) electrons. The third-order valence-electron chi connectivity index (χ3n) is 5.78. The molecule has 4 amide bonds. The Kier molecular flexibility index (Phi) is 7.12. The van der Waals surface area contributed by atoms with Crippen molar-refractivity contribution < 1.29 is 19.1 Å². The van der Waals surface area contributed by atoms with Crippen molar-refractivity contribution in [3.63, 3.8) is 0 Å². The number of anilines is 1. The number of hydrogen-bond acceptors (Lipinski definition) is 4. The van der Waals surface area contributed by atoms with Crippen molar-refractivity contribution in [2.24, 2.45) is 0 Å². The molecule has 0 N–H and O–H groups in total. The lowest BCUT2D eigenvalue weighted by Gasteiger charge is -2.33. The summed E-state index contributed by atoms with van der Waals surface area (Å²) in [7, 11) is 1.48. The zero-order valence-corrected chi connectivity index (χ0v) is 20.9. The van der Waals surface area contributed by atoms with Crippen molar-refractivity contribution in [1.82, 2.24) is 9.47 Å². The molecule has 0 spiro atoms. The molecule has 1 fully saturated rings. The second-order valence-corrected chi connectivity index (χ2v) is 8.87. The molecule has 1 aliphatic heterocycles. The van der Waals surface area contributed by atoms with Crippen LogP contribution in [0.3, 0.4) is 0 Å². The zero-order chi connectivity index (χ0) is 25.3. The molecule has 1 aromatic heterocycles. The summed E-state index contributed by atoms with van der Waals surface area (Å²) in [6.45, 7) is 3.90. The summed E-state index contributed by atoms with van der Waals surface area (Å²) in [5, 5.41) is 1.03. The molecule has 0 bridgehead atoms. The van der Waals surface area contributed by atoms with E-state index in [1.165, 1.54) is 13.2 Å². The SMILES string of the molecule is COCCN1C(=O)/C(=C/c2cc(C)n(-c3cc(Cl)ccc3Cl)c2C)C(=O)N(c2ccccc2)C1=O. The van der Waals surface area contributed by atoms with Gasteiger partial charge in [0.2, 0.25) is 0 Å². The van der Waals surface area contributed by atoms with Crippen LogP contribution in [0.2, 0.25) is 10.0 Å². The average Bonchev–Trinajstić information content (AvgIpc) is 3.11. The number of aromatic nitrogens is 1. The van der Waals surface area contributed by atoms with E-state index in [4.69, 9.17) is 27.9 Å². The highest BCUT2D eigenvalue weighted by Gasteiger charge is 2.42. The van der Waals surface area contributed by atoms with Crippen LogP contribution in [0.5, 0.6) is 0 Å². The standard InChI is InChI=1S/C26H23Cl2N3O4/c1-16-13-18(17(2)30(16)23-15-19(27)9-10-22(23)28)14-21-24(32)29(11-12-35-3)26(34)31(25(21)33)20-7-5-4-6-8-20/h4-10,13-15H,11-12H2,1-3H3/b21-14-. The Hall–Kier alpha value is -3.39. The Bertz CT molecular complexity index is 1350. The van der Waals surface area contributed by atoms with Gasteiger partial charge in [-0.1, -0.05) is 41.4 Å². The van der Waals surface area contributed by atoms with E-state index in [1.807, 2.05) is 24.5 Å². The number of amides is 4. The first-order chi connectivity index (χ1) is 16.7. The highest BCUT2D eigenvalue weighted by molar-refractivity contribution is 6.39. The number of methoxy groups -OCH3 is 1. The molecule has 4 rings (SSSR count). The van der Waals surface area contributed by atoms with Gasteiger partial charge in [0.1, 0.15) is 5.57 Å². The fourth-order valence-corrected chi connectivity index (χ4v) is 4.45. The number of ether oxygens (including phenoxy) is 1. The van der Waals surface area contributed by atoms with Gasteiger partial charge < -0.3 is 9.30 Å². The summed E-state index contributed by atoms with van der Waals surface area (Å²) in [6.07, 6.45) is 1.52. The van der Waals surface area contributed by atoms with E-state index in [0.29, 0.717) is 27.0 Å². The summed E-state index contributed by atoms with van der Waals surface area (Å²) >= 11 is 12.6. The first-order valence-corrected chi connectivity index (χ1v) is 11.6. The average molecular weight is 512 g/mol. The highest BCUT2D eigenvalue weighted by Crippen LogP contribution is 2.31. The van der Waals surface area contributed by atoms with E-state index in [1.54, 1.807) is 48.5 Å². The molecule has 1 aliphatic rings. The van der Waals surface area contributed by atoms with Gasteiger partial charge in [0.15, 0.2) is 0 Å². The van der Waals surface area contributed by atoms with Gasteiger partial charge in [-0.15, -0.1) is 0 Å². The molecule has 0 atom stereocenters. The van der Waals surface area contributed by atoms with Gasteiger partial charge in [-0.2, -0.15) is 0 Å². The van der Waals surface area contributed by atoms with E-state index in [9.17, 15) is 14.4 Å². The van der Waals surface area contributed by atoms with Crippen molar-refractivity contribution in [3.05, 3.63) is 87.2 Å². The Morgan fingerprint density at radius 3 is 2.34 bits per heavy atom. The second-order valence-electron chi connectivity index (χ2n) is 8.02. The molecule has 3 aromatic rings. The molecule has 0 aliphatic carbocycles. The summed E-state index contributed by atoms with van der Waals surface area (Å²) in [6, 6.07) is 14.8. The van der Waals surface area contributed by atoms with Crippen molar-refractivity contribution in [2.45, 2.75) is 13.8 Å². The quantitative estimate of drug-likeness (QED) is 0.327. The minimum atomic E-state index is -0.711. The molecule has 180 valence electrons. The Morgan fingerprint density at radius 2 is 1.66 bits per heavy atom. The minimum absolute atomic E-state index is 0.0132. The fourth-order valence-electron chi connectivity index (χ4n) is 4.08. The largest absolute Gasteiger partial charge is 0.383 e. The number of para-hydroxylation sites is 1. The molecule has 7 nitrogen and oxygen atoms in total. The van der Waals surface area contributed by atoms with Crippen LogP contribution in [0, 0.1) is 13.8 Å². The third kappa shape index (κ3) is 4.62. The molecular weight excluding hydrogens is 489 g/mol. The van der Waals surface area contributed by atoms with Crippen molar-refractivity contribution in [3.8, 4) is 5.69 Å². The maximum atomic E-state index is 13.5. The van der Waals surface area contributed by atoms with E-state index in [0.717, 1.165) is 21.2 Å². The van der Waals surface area contributed by atoms with Gasteiger partial charge in [0, 0.05) is 23.5 Å². The van der Waals surface area contributed by atoms with E-state index in [-0.39, 0.29) is 18.7 Å². The lowest BCUT2D eigenvalue weighted by atomic mass is 10.1. The Labute approximate surface area is 213 Å². The number of aryl methyl sites for hydroxylation is 1. The normalized spacial score (nSPS) is 15.5. The number of carbonyl (C=O) groups is 3. The van der Waals surface area contributed by atoms with Crippen LogP contribution in [0.1, 0.15) is 17.0 Å². The molecule has 2 heterocycles. The first-order valence-electron chi connectivity index (χ1n) is 10.8.